The van der Waals surface area contributed by atoms with Crippen molar-refractivity contribution in [3.63, 3.8) is 0 Å². The van der Waals surface area contributed by atoms with Crippen molar-refractivity contribution in [3.8, 4) is 5.75 Å². The summed E-state index contributed by atoms with van der Waals surface area (Å²) in [6.45, 7) is 2.01. The maximum atomic E-state index is 12.0. The first-order valence-electron chi connectivity index (χ1n) is 7.10. The molecule has 0 aliphatic carbocycles. The van der Waals surface area contributed by atoms with E-state index in [1.54, 1.807) is 7.05 Å². The molecule has 3 N–H and O–H groups in total. The van der Waals surface area contributed by atoms with E-state index in [2.05, 4.69) is 12.2 Å². The Morgan fingerprint density at radius 1 is 1.52 bits per heavy atom. The number of carbonyl (C=O) groups excluding carboxylic acids is 2. The molecule has 0 radical (unpaired) electrons. The normalized spacial score (nSPS) is 15.2. The highest BCUT2D eigenvalue weighted by molar-refractivity contribution is 6.02. The lowest BCUT2D eigenvalue weighted by molar-refractivity contribution is -0.125. The van der Waals surface area contributed by atoms with Gasteiger partial charge in [-0.3, -0.25) is 14.5 Å². The number of fused-ring (bicyclic) bond motifs is 1. The monoisotopic (exact) mass is 291 g/mol. The fourth-order valence-electron chi connectivity index (χ4n) is 2.32. The minimum atomic E-state index is -0.229. The summed E-state index contributed by atoms with van der Waals surface area (Å²) in [5, 5.41) is 2.52. The molecule has 0 saturated carbocycles. The van der Waals surface area contributed by atoms with E-state index in [0.717, 1.165) is 18.4 Å². The summed E-state index contributed by atoms with van der Waals surface area (Å²) in [4.78, 5) is 25.0. The van der Waals surface area contributed by atoms with Gasteiger partial charge in [0, 0.05) is 13.1 Å². The fourth-order valence-corrected chi connectivity index (χ4v) is 2.32. The molecule has 1 atom stereocenters. The number of nitrogens with one attached hydrogen (secondary N) is 1. The van der Waals surface area contributed by atoms with Gasteiger partial charge in [0.15, 0.2) is 6.61 Å². The molecule has 1 unspecified atom stereocenters. The standard InChI is InChI=1S/C15H21N3O3/c1-3-4-11(16)10-5-6-13-12(7-10)18(8-14(19)17-2)15(20)9-21-13/h5-7,11H,3-4,8-9,16H2,1-2H3,(H,17,19). The zero-order valence-electron chi connectivity index (χ0n) is 12.4. The van der Waals surface area contributed by atoms with E-state index in [1.807, 2.05) is 18.2 Å². The third kappa shape index (κ3) is 3.33. The first kappa shape index (κ1) is 15.3. The molecule has 6 heteroatoms. The van der Waals surface area contributed by atoms with Gasteiger partial charge in [0.2, 0.25) is 5.91 Å². The number of anilines is 1. The lowest BCUT2D eigenvalue weighted by atomic mass is 10.0. The van der Waals surface area contributed by atoms with Gasteiger partial charge < -0.3 is 15.8 Å². The number of likely N-dealkylation sites (N-methyl/N-ethyl adjacent to an activating group) is 1. The second-order valence-electron chi connectivity index (χ2n) is 5.06. The number of hydrogen-bond acceptors (Lipinski definition) is 4. The van der Waals surface area contributed by atoms with Crippen LogP contribution < -0.4 is 20.7 Å². The van der Waals surface area contributed by atoms with Crippen LogP contribution in [0.4, 0.5) is 5.69 Å². The molecule has 1 heterocycles. The first-order valence-corrected chi connectivity index (χ1v) is 7.10. The Bertz CT molecular complexity index is 545. The zero-order valence-corrected chi connectivity index (χ0v) is 12.4. The third-order valence-electron chi connectivity index (χ3n) is 3.53. The molecular weight excluding hydrogens is 270 g/mol. The zero-order chi connectivity index (χ0) is 15.4. The molecule has 1 aromatic carbocycles. The molecule has 1 aliphatic heterocycles. The molecule has 1 aromatic rings. The van der Waals surface area contributed by atoms with Crippen LogP contribution in [0.5, 0.6) is 5.75 Å². The predicted molar refractivity (Wildman–Crippen MR) is 80.2 cm³/mol. The van der Waals surface area contributed by atoms with Crippen molar-refractivity contribution in [2.45, 2.75) is 25.8 Å². The number of ether oxygens (including phenoxy) is 1. The van der Waals surface area contributed by atoms with Crippen LogP contribution in [-0.2, 0) is 9.59 Å². The lowest BCUT2D eigenvalue weighted by Gasteiger charge is -2.29. The van der Waals surface area contributed by atoms with E-state index in [1.165, 1.54) is 4.90 Å². The Morgan fingerprint density at radius 2 is 2.29 bits per heavy atom. The number of nitrogens with two attached hydrogens (primary N) is 1. The Hall–Kier alpha value is -2.08. The van der Waals surface area contributed by atoms with E-state index >= 15 is 0 Å². The topological polar surface area (TPSA) is 84.7 Å². The first-order chi connectivity index (χ1) is 10.1. The summed E-state index contributed by atoms with van der Waals surface area (Å²) in [7, 11) is 1.54. The Balaban J connectivity index is 2.33. The molecular formula is C15H21N3O3. The Kier molecular flexibility index (Phi) is 4.80. The average molecular weight is 291 g/mol. The van der Waals surface area contributed by atoms with Gasteiger partial charge in [0.05, 0.1) is 5.69 Å². The van der Waals surface area contributed by atoms with Gasteiger partial charge in [-0.15, -0.1) is 0 Å². The van der Waals surface area contributed by atoms with E-state index in [4.69, 9.17) is 10.5 Å². The van der Waals surface area contributed by atoms with Crippen LogP contribution in [0, 0.1) is 0 Å². The van der Waals surface area contributed by atoms with Crippen molar-refractivity contribution < 1.29 is 14.3 Å². The van der Waals surface area contributed by atoms with Gasteiger partial charge in [-0.2, -0.15) is 0 Å². The Morgan fingerprint density at radius 3 is 2.95 bits per heavy atom. The number of benzene rings is 1. The molecule has 0 fully saturated rings. The van der Waals surface area contributed by atoms with Gasteiger partial charge in [-0.1, -0.05) is 19.4 Å². The van der Waals surface area contributed by atoms with Gasteiger partial charge >= 0.3 is 0 Å². The third-order valence-corrected chi connectivity index (χ3v) is 3.53. The van der Waals surface area contributed by atoms with E-state index < -0.39 is 0 Å². The maximum Gasteiger partial charge on any atom is 0.265 e. The second-order valence-corrected chi connectivity index (χ2v) is 5.06. The predicted octanol–water partition coefficient (Wildman–Crippen LogP) is 0.958. The summed E-state index contributed by atoms with van der Waals surface area (Å²) in [5.74, 6) is 0.151. The summed E-state index contributed by atoms with van der Waals surface area (Å²) in [5.41, 5.74) is 7.67. The maximum absolute atomic E-state index is 12.0. The highest BCUT2D eigenvalue weighted by atomic mass is 16.5. The second kappa shape index (κ2) is 6.58. The van der Waals surface area contributed by atoms with Crippen LogP contribution in [0.2, 0.25) is 0 Å². The lowest BCUT2D eigenvalue weighted by Crippen LogP contribution is -2.44. The summed E-state index contributed by atoms with van der Waals surface area (Å²) < 4.78 is 5.41. The van der Waals surface area contributed by atoms with E-state index in [9.17, 15) is 9.59 Å². The van der Waals surface area contributed by atoms with Crippen molar-refractivity contribution in [2.24, 2.45) is 5.73 Å². The van der Waals surface area contributed by atoms with Crippen molar-refractivity contribution in [1.82, 2.24) is 5.32 Å². The number of nitrogens with zero attached hydrogens (tertiary/aromatic N) is 1. The molecule has 0 saturated heterocycles. The molecule has 6 nitrogen and oxygen atoms in total. The van der Waals surface area contributed by atoms with Crippen LogP contribution >= 0.6 is 0 Å². The Labute approximate surface area is 124 Å². The summed E-state index contributed by atoms with van der Waals surface area (Å²) in [6.07, 6.45) is 1.85. The van der Waals surface area contributed by atoms with Gasteiger partial charge in [0.1, 0.15) is 12.3 Å². The minimum Gasteiger partial charge on any atom is -0.482 e. The molecule has 21 heavy (non-hydrogen) atoms. The van der Waals surface area contributed by atoms with Crippen molar-refractivity contribution in [3.05, 3.63) is 23.8 Å². The molecule has 0 spiro atoms. The SMILES string of the molecule is CCCC(N)c1ccc2c(c1)N(CC(=O)NC)C(=O)CO2. The smallest absolute Gasteiger partial charge is 0.265 e. The quantitative estimate of drug-likeness (QED) is 0.846. The van der Waals surface area contributed by atoms with Crippen molar-refractivity contribution in [1.29, 1.82) is 0 Å². The van der Waals surface area contributed by atoms with Gasteiger partial charge in [-0.05, 0) is 24.1 Å². The summed E-state index contributed by atoms with van der Waals surface area (Å²) >= 11 is 0. The number of amides is 2. The van der Waals surface area contributed by atoms with Gasteiger partial charge in [0.25, 0.3) is 5.91 Å². The van der Waals surface area contributed by atoms with Crippen molar-refractivity contribution >= 4 is 17.5 Å². The van der Waals surface area contributed by atoms with Crippen LogP contribution in [0.15, 0.2) is 18.2 Å². The van der Waals surface area contributed by atoms with Crippen LogP contribution in [0.25, 0.3) is 0 Å². The minimum absolute atomic E-state index is 0.0157. The van der Waals surface area contributed by atoms with Crippen molar-refractivity contribution in [2.75, 3.05) is 25.1 Å². The summed E-state index contributed by atoms with van der Waals surface area (Å²) in [6, 6.07) is 5.48. The van der Waals surface area contributed by atoms with E-state index in [0.29, 0.717) is 11.4 Å². The van der Waals surface area contributed by atoms with Crippen LogP contribution in [0.1, 0.15) is 31.4 Å². The molecule has 2 amide bonds. The van der Waals surface area contributed by atoms with Crippen LogP contribution in [0.3, 0.4) is 0 Å². The van der Waals surface area contributed by atoms with Crippen LogP contribution in [-0.4, -0.2) is 32.0 Å². The highest BCUT2D eigenvalue weighted by Crippen LogP contribution is 2.34. The van der Waals surface area contributed by atoms with Gasteiger partial charge in [-0.25, -0.2) is 0 Å². The average Bonchev–Trinajstić information content (AvgIpc) is 2.49. The van der Waals surface area contributed by atoms with E-state index in [-0.39, 0.29) is 31.0 Å². The fraction of sp³-hybridized carbons (Fsp3) is 0.467. The molecule has 2 rings (SSSR count). The number of carbonyl (C=O) groups is 2. The molecule has 1 aliphatic rings. The molecule has 0 bridgehead atoms. The molecule has 114 valence electrons. The number of hydrogen-bond donors (Lipinski definition) is 2. The molecule has 0 aromatic heterocycles. The largest absolute Gasteiger partial charge is 0.482 e. The number of rotatable bonds is 5. The highest BCUT2D eigenvalue weighted by Gasteiger charge is 2.27.